The second kappa shape index (κ2) is 10.1. The van der Waals surface area contributed by atoms with E-state index in [-0.39, 0.29) is 12.7 Å². The maximum Gasteiger partial charge on any atom is 0.410 e. The maximum absolute atomic E-state index is 12.4. The fraction of sp³-hybridized carbons (Fsp3) is 0.619. The van der Waals surface area contributed by atoms with Crippen molar-refractivity contribution in [3.63, 3.8) is 0 Å². The summed E-state index contributed by atoms with van der Waals surface area (Å²) in [7, 11) is 0. The van der Waals surface area contributed by atoms with E-state index >= 15 is 0 Å². The molecule has 1 aromatic carbocycles. The molecule has 2 aliphatic heterocycles. The Labute approximate surface area is 174 Å². The second-order valence-electron chi connectivity index (χ2n) is 7.94. The Kier molecular flexibility index (Phi) is 7.58. The Morgan fingerprint density at radius 1 is 0.933 bits per heavy atom. The van der Waals surface area contributed by atoms with Gasteiger partial charge in [0.1, 0.15) is 13.0 Å². The molecule has 3 rings (SSSR count). The normalized spacial score (nSPS) is 19.0. The van der Waals surface area contributed by atoms with Crippen LogP contribution in [0, 0.1) is 5.92 Å². The SMILES string of the molecule is O=C(CC(F)(F)F)N1CCN(CC2CCN(C(=O)OCc3ccccc3)CC2)CC1. The van der Waals surface area contributed by atoms with Gasteiger partial charge in [-0.3, -0.25) is 9.69 Å². The Balaban J connectivity index is 1.33. The largest absolute Gasteiger partial charge is 0.445 e. The number of rotatable bonds is 5. The summed E-state index contributed by atoms with van der Waals surface area (Å²) in [6, 6.07) is 9.55. The van der Waals surface area contributed by atoms with Gasteiger partial charge in [-0.05, 0) is 24.3 Å². The summed E-state index contributed by atoms with van der Waals surface area (Å²) in [6.07, 6.45) is -4.40. The molecule has 0 unspecified atom stereocenters. The second-order valence-corrected chi connectivity index (χ2v) is 7.94. The number of piperidine rings is 1. The number of hydrogen-bond acceptors (Lipinski definition) is 4. The molecule has 6 nitrogen and oxygen atoms in total. The molecule has 0 atom stereocenters. The van der Waals surface area contributed by atoms with E-state index in [1.54, 1.807) is 4.90 Å². The lowest BCUT2D eigenvalue weighted by atomic mass is 9.96. The van der Waals surface area contributed by atoms with Crippen LogP contribution in [-0.2, 0) is 16.1 Å². The fourth-order valence-corrected chi connectivity index (χ4v) is 3.94. The van der Waals surface area contributed by atoms with E-state index in [0.29, 0.717) is 45.2 Å². The number of amides is 2. The van der Waals surface area contributed by atoms with Crippen LogP contribution >= 0.6 is 0 Å². The smallest absolute Gasteiger partial charge is 0.410 e. The molecule has 2 aliphatic rings. The van der Waals surface area contributed by atoms with E-state index in [2.05, 4.69) is 4.90 Å². The van der Waals surface area contributed by atoms with Gasteiger partial charge in [-0.1, -0.05) is 30.3 Å². The average Bonchev–Trinajstić information content (AvgIpc) is 2.72. The van der Waals surface area contributed by atoms with Gasteiger partial charge in [-0.2, -0.15) is 13.2 Å². The number of piperazine rings is 1. The zero-order valence-electron chi connectivity index (χ0n) is 16.9. The van der Waals surface area contributed by atoms with Gasteiger partial charge in [-0.15, -0.1) is 0 Å². The van der Waals surface area contributed by atoms with Crippen molar-refractivity contribution in [3.8, 4) is 0 Å². The number of carbonyl (C=O) groups is 2. The highest BCUT2D eigenvalue weighted by Gasteiger charge is 2.34. The van der Waals surface area contributed by atoms with Crippen LogP contribution in [0.15, 0.2) is 30.3 Å². The standard InChI is InChI=1S/C21H28F3N3O3/c22-21(23,24)14-19(28)26-12-10-25(11-13-26)15-17-6-8-27(9-7-17)20(29)30-16-18-4-2-1-3-5-18/h1-5,17H,6-16H2. The van der Waals surface area contributed by atoms with E-state index in [1.807, 2.05) is 30.3 Å². The molecular weight excluding hydrogens is 399 g/mol. The highest BCUT2D eigenvalue weighted by Crippen LogP contribution is 2.23. The predicted octanol–water partition coefficient (Wildman–Crippen LogP) is 3.13. The molecular formula is C21H28F3N3O3. The third kappa shape index (κ3) is 6.90. The molecule has 2 fully saturated rings. The first kappa shape index (κ1) is 22.4. The summed E-state index contributed by atoms with van der Waals surface area (Å²) in [6.45, 7) is 4.22. The van der Waals surface area contributed by atoms with Crippen molar-refractivity contribution in [2.24, 2.45) is 5.92 Å². The van der Waals surface area contributed by atoms with Crippen LogP contribution < -0.4 is 0 Å². The number of carbonyl (C=O) groups excluding carboxylic acids is 2. The number of hydrogen-bond donors (Lipinski definition) is 0. The Morgan fingerprint density at radius 2 is 1.57 bits per heavy atom. The van der Waals surface area contributed by atoms with E-state index in [1.165, 1.54) is 4.90 Å². The minimum atomic E-state index is -4.45. The molecule has 2 amide bonds. The van der Waals surface area contributed by atoms with Crippen LogP contribution in [0.2, 0.25) is 0 Å². The summed E-state index contributed by atoms with van der Waals surface area (Å²) < 4.78 is 42.5. The van der Waals surface area contributed by atoms with Gasteiger partial charge in [0.05, 0.1) is 0 Å². The van der Waals surface area contributed by atoms with Crippen LogP contribution in [0.3, 0.4) is 0 Å². The number of nitrogens with zero attached hydrogens (tertiary/aromatic N) is 3. The minimum absolute atomic E-state index is 0.261. The third-order valence-electron chi connectivity index (χ3n) is 5.67. The highest BCUT2D eigenvalue weighted by atomic mass is 19.4. The van der Waals surface area contributed by atoms with Gasteiger partial charge in [0.25, 0.3) is 0 Å². The van der Waals surface area contributed by atoms with Crippen LogP contribution in [-0.4, -0.2) is 78.7 Å². The molecule has 166 valence electrons. The van der Waals surface area contributed by atoms with Crippen molar-refractivity contribution in [1.29, 1.82) is 0 Å². The molecule has 2 heterocycles. The fourth-order valence-electron chi connectivity index (χ4n) is 3.94. The Morgan fingerprint density at radius 3 is 2.17 bits per heavy atom. The topological polar surface area (TPSA) is 53.1 Å². The molecule has 0 N–H and O–H groups in total. The lowest BCUT2D eigenvalue weighted by molar-refractivity contribution is -0.162. The first-order valence-electron chi connectivity index (χ1n) is 10.3. The highest BCUT2D eigenvalue weighted by molar-refractivity contribution is 5.77. The summed E-state index contributed by atoms with van der Waals surface area (Å²) in [5, 5.41) is 0. The molecule has 0 spiro atoms. The third-order valence-corrected chi connectivity index (χ3v) is 5.67. The van der Waals surface area contributed by atoms with Crippen LogP contribution in [0.5, 0.6) is 0 Å². The molecule has 9 heteroatoms. The van der Waals surface area contributed by atoms with Crippen LogP contribution in [0.25, 0.3) is 0 Å². The maximum atomic E-state index is 12.4. The first-order valence-corrected chi connectivity index (χ1v) is 10.3. The Bertz CT molecular complexity index is 698. The van der Waals surface area contributed by atoms with Crippen LogP contribution in [0.1, 0.15) is 24.8 Å². The van der Waals surface area contributed by atoms with Crippen molar-refractivity contribution >= 4 is 12.0 Å². The van der Waals surface area contributed by atoms with Gasteiger partial charge in [0.15, 0.2) is 0 Å². The summed E-state index contributed by atoms with van der Waals surface area (Å²) in [5.41, 5.74) is 0.952. The van der Waals surface area contributed by atoms with Crippen LogP contribution in [0.4, 0.5) is 18.0 Å². The zero-order chi connectivity index (χ0) is 21.6. The predicted molar refractivity (Wildman–Crippen MR) is 105 cm³/mol. The van der Waals surface area contributed by atoms with Crippen molar-refractivity contribution < 1.29 is 27.5 Å². The first-order chi connectivity index (χ1) is 14.3. The molecule has 0 radical (unpaired) electrons. The molecule has 1 aromatic rings. The number of benzene rings is 1. The van der Waals surface area contributed by atoms with Gasteiger partial charge in [0.2, 0.25) is 5.91 Å². The molecule has 0 bridgehead atoms. The van der Waals surface area contributed by atoms with Gasteiger partial charge in [-0.25, -0.2) is 4.79 Å². The van der Waals surface area contributed by atoms with Crippen molar-refractivity contribution in [2.45, 2.75) is 32.0 Å². The van der Waals surface area contributed by atoms with E-state index in [4.69, 9.17) is 4.74 Å². The molecule has 2 saturated heterocycles. The van der Waals surface area contributed by atoms with Gasteiger partial charge >= 0.3 is 12.3 Å². The molecule has 30 heavy (non-hydrogen) atoms. The lowest BCUT2D eigenvalue weighted by Crippen LogP contribution is -2.51. The quantitative estimate of drug-likeness (QED) is 0.725. The molecule has 0 aliphatic carbocycles. The van der Waals surface area contributed by atoms with E-state index < -0.39 is 18.5 Å². The Hall–Kier alpha value is -2.29. The summed E-state index contributed by atoms with van der Waals surface area (Å²) >= 11 is 0. The van der Waals surface area contributed by atoms with Crippen molar-refractivity contribution in [1.82, 2.24) is 14.7 Å². The van der Waals surface area contributed by atoms with Gasteiger partial charge in [0, 0.05) is 45.8 Å². The van der Waals surface area contributed by atoms with E-state index in [9.17, 15) is 22.8 Å². The average molecular weight is 427 g/mol. The van der Waals surface area contributed by atoms with Crippen molar-refractivity contribution in [3.05, 3.63) is 35.9 Å². The summed E-state index contributed by atoms with van der Waals surface area (Å²) in [4.78, 5) is 29.2. The van der Waals surface area contributed by atoms with Crippen molar-refractivity contribution in [2.75, 3.05) is 45.8 Å². The number of ether oxygens (including phenoxy) is 1. The summed E-state index contributed by atoms with van der Waals surface area (Å²) in [5.74, 6) is -0.412. The minimum Gasteiger partial charge on any atom is -0.445 e. The molecule has 0 saturated carbocycles. The number of likely N-dealkylation sites (tertiary alicyclic amines) is 1. The zero-order valence-corrected chi connectivity index (χ0v) is 16.9. The number of alkyl halides is 3. The van der Waals surface area contributed by atoms with E-state index in [0.717, 1.165) is 24.9 Å². The monoisotopic (exact) mass is 427 g/mol. The van der Waals surface area contributed by atoms with Gasteiger partial charge < -0.3 is 14.5 Å². The lowest BCUT2D eigenvalue weighted by Gasteiger charge is -2.38. The number of halogens is 3. The molecule has 0 aromatic heterocycles.